The first-order chi connectivity index (χ1) is 15.7. The molecule has 0 atom stereocenters. The van der Waals surface area contributed by atoms with Crippen LogP contribution in [-0.2, 0) is 50.8 Å². The van der Waals surface area contributed by atoms with Crippen molar-refractivity contribution < 1.29 is 14.3 Å². The van der Waals surface area contributed by atoms with E-state index in [0.717, 1.165) is 25.5 Å². The van der Waals surface area contributed by atoms with Gasteiger partial charge in [0.15, 0.2) is 6.29 Å². The topological polar surface area (TPSA) is 35.5 Å². The lowest BCUT2D eigenvalue weighted by molar-refractivity contribution is -0.107. The van der Waals surface area contributed by atoms with Crippen molar-refractivity contribution >= 4 is 6.29 Å². The maximum absolute atomic E-state index is 10.3. The first-order valence-electron chi connectivity index (χ1n) is 12.4. The predicted molar refractivity (Wildman–Crippen MR) is 136 cm³/mol. The first kappa shape index (κ1) is 25.6. The zero-order chi connectivity index (χ0) is 24.1. The fourth-order valence-corrected chi connectivity index (χ4v) is 5.26. The lowest BCUT2D eigenvalue weighted by Crippen LogP contribution is -2.14. The van der Waals surface area contributed by atoms with Gasteiger partial charge in [0.1, 0.15) is 6.29 Å². The SMILES string of the molecule is CC1(C)CCc2ccc(CCC=O)cc21.COC(CCc1ccc2c(c1)C(C)(C)CC2)OC. The summed E-state index contributed by atoms with van der Waals surface area (Å²) >= 11 is 0. The lowest BCUT2D eigenvalue weighted by atomic mass is 9.85. The second-order valence-electron chi connectivity index (χ2n) is 10.9. The van der Waals surface area contributed by atoms with Crippen molar-refractivity contribution in [2.24, 2.45) is 0 Å². The van der Waals surface area contributed by atoms with Crippen LogP contribution in [0.15, 0.2) is 36.4 Å². The van der Waals surface area contributed by atoms with Gasteiger partial charge >= 0.3 is 0 Å². The highest BCUT2D eigenvalue weighted by Gasteiger charge is 2.30. The van der Waals surface area contributed by atoms with Crippen molar-refractivity contribution in [2.45, 2.75) is 96.2 Å². The van der Waals surface area contributed by atoms with Crippen molar-refractivity contribution in [3.05, 3.63) is 69.8 Å². The third kappa shape index (κ3) is 6.33. The molecule has 0 unspecified atom stereocenters. The number of hydrogen-bond acceptors (Lipinski definition) is 3. The van der Waals surface area contributed by atoms with Crippen LogP contribution in [0.4, 0.5) is 0 Å². The van der Waals surface area contributed by atoms with Gasteiger partial charge in [-0.25, -0.2) is 0 Å². The maximum Gasteiger partial charge on any atom is 0.157 e. The number of carbonyl (C=O) groups is 1. The molecule has 4 rings (SSSR count). The summed E-state index contributed by atoms with van der Waals surface area (Å²) in [6.07, 6.45) is 9.29. The van der Waals surface area contributed by atoms with Gasteiger partial charge < -0.3 is 14.3 Å². The minimum absolute atomic E-state index is 0.0914. The number of hydrogen-bond donors (Lipinski definition) is 0. The molecule has 0 fully saturated rings. The van der Waals surface area contributed by atoms with Gasteiger partial charge in [-0.15, -0.1) is 0 Å². The van der Waals surface area contributed by atoms with Gasteiger partial charge in [-0.05, 0) is 82.7 Å². The fraction of sp³-hybridized carbons (Fsp3) is 0.567. The van der Waals surface area contributed by atoms with Gasteiger partial charge in [0.25, 0.3) is 0 Å². The summed E-state index contributed by atoms with van der Waals surface area (Å²) in [5.74, 6) is 0. The Hall–Kier alpha value is -1.97. The normalized spacial score (nSPS) is 17.3. The van der Waals surface area contributed by atoms with Crippen LogP contribution >= 0.6 is 0 Å². The van der Waals surface area contributed by atoms with E-state index < -0.39 is 0 Å². The van der Waals surface area contributed by atoms with E-state index >= 15 is 0 Å². The molecule has 0 bridgehead atoms. The van der Waals surface area contributed by atoms with Gasteiger partial charge in [-0.2, -0.15) is 0 Å². The minimum Gasteiger partial charge on any atom is -0.356 e. The number of aldehydes is 1. The highest BCUT2D eigenvalue weighted by molar-refractivity contribution is 5.50. The third-order valence-corrected chi connectivity index (χ3v) is 7.59. The highest BCUT2D eigenvalue weighted by atomic mass is 16.7. The molecule has 2 aromatic rings. The van der Waals surface area contributed by atoms with E-state index in [-0.39, 0.29) is 6.29 Å². The molecular weight excluding hydrogens is 408 g/mol. The number of aryl methyl sites for hydroxylation is 4. The van der Waals surface area contributed by atoms with Gasteiger partial charge in [0.05, 0.1) is 0 Å². The highest BCUT2D eigenvalue weighted by Crippen LogP contribution is 2.39. The summed E-state index contributed by atoms with van der Waals surface area (Å²) < 4.78 is 10.5. The molecular formula is C30H42O3. The Balaban J connectivity index is 0.000000189. The van der Waals surface area contributed by atoms with E-state index in [9.17, 15) is 4.79 Å². The van der Waals surface area contributed by atoms with Gasteiger partial charge in [-0.3, -0.25) is 0 Å². The smallest absolute Gasteiger partial charge is 0.157 e. The zero-order valence-electron chi connectivity index (χ0n) is 21.5. The summed E-state index contributed by atoms with van der Waals surface area (Å²) in [7, 11) is 3.39. The van der Waals surface area contributed by atoms with E-state index in [1.165, 1.54) is 59.1 Å². The molecule has 0 spiro atoms. The molecule has 0 amide bonds. The molecule has 0 saturated heterocycles. The Morgan fingerprint density at radius 2 is 1.30 bits per heavy atom. The minimum atomic E-state index is -0.0914. The Morgan fingerprint density at radius 1 is 0.818 bits per heavy atom. The number of rotatable bonds is 8. The number of benzene rings is 2. The molecule has 0 aliphatic heterocycles. The summed E-state index contributed by atoms with van der Waals surface area (Å²) in [5, 5.41) is 0. The molecule has 0 aromatic heterocycles. The van der Waals surface area contributed by atoms with E-state index in [2.05, 4.69) is 64.1 Å². The van der Waals surface area contributed by atoms with Crippen LogP contribution in [0, 0.1) is 0 Å². The molecule has 3 nitrogen and oxygen atoms in total. The van der Waals surface area contributed by atoms with Crippen LogP contribution in [0.1, 0.15) is 86.8 Å². The van der Waals surface area contributed by atoms with E-state index in [1.807, 2.05) is 0 Å². The zero-order valence-corrected chi connectivity index (χ0v) is 21.5. The molecule has 33 heavy (non-hydrogen) atoms. The fourth-order valence-electron chi connectivity index (χ4n) is 5.26. The molecule has 0 heterocycles. The quantitative estimate of drug-likeness (QED) is 0.340. The molecule has 2 aromatic carbocycles. The van der Waals surface area contributed by atoms with Crippen molar-refractivity contribution in [1.29, 1.82) is 0 Å². The average molecular weight is 451 g/mol. The van der Waals surface area contributed by atoms with E-state index in [4.69, 9.17) is 9.47 Å². The Kier molecular flexibility index (Phi) is 8.53. The second kappa shape index (κ2) is 11.0. The number of ether oxygens (including phenoxy) is 2. The summed E-state index contributed by atoms with van der Waals surface area (Å²) in [6.45, 7) is 9.30. The first-order valence-corrected chi connectivity index (χ1v) is 12.4. The van der Waals surface area contributed by atoms with Crippen LogP contribution in [0.25, 0.3) is 0 Å². The Labute approximate surface area is 200 Å². The Bertz CT molecular complexity index is 938. The molecule has 0 radical (unpaired) electrons. The molecule has 2 aliphatic rings. The van der Waals surface area contributed by atoms with Crippen molar-refractivity contribution in [1.82, 2.24) is 0 Å². The largest absolute Gasteiger partial charge is 0.356 e. The molecule has 0 N–H and O–H groups in total. The number of fused-ring (bicyclic) bond motifs is 2. The third-order valence-electron chi connectivity index (χ3n) is 7.59. The van der Waals surface area contributed by atoms with Gasteiger partial charge in [0, 0.05) is 27.1 Å². The van der Waals surface area contributed by atoms with Gasteiger partial charge in [-0.1, -0.05) is 64.1 Å². The average Bonchev–Trinajstić information content (AvgIpc) is 3.28. The van der Waals surface area contributed by atoms with Crippen LogP contribution in [0.2, 0.25) is 0 Å². The van der Waals surface area contributed by atoms with Gasteiger partial charge in [0.2, 0.25) is 0 Å². The molecule has 180 valence electrons. The summed E-state index contributed by atoms with van der Waals surface area (Å²) in [6, 6.07) is 13.6. The summed E-state index contributed by atoms with van der Waals surface area (Å²) in [4.78, 5) is 10.3. The summed E-state index contributed by atoms with van der Waals surface area (Å²) in [5.41, 5.74) is 9.41. The standard InChI is InChI=1S/C16H24O2.C14H18O/c1-16(2)10-9-13-7-5-12(11-14(13)16)6-8-15(17-3)18-4;1-14(2)8-7-12-6-5-11(4-3-9-15)10-13(12)14/h5,7,11,15H,6,8-10H2,1-4H3;5-6,9-10H,3-4,7-8H2,1-2H3. The number of carbonyl (C=O) groups excluding carboxylic acids is 1. The van der Waals surface area contributed by atoms with Crippen LogP contribution in [0.3, 0.4) is 0 Å². The predicted octanol–water partition coefficient (Wildman–Crippen LogP) is 6.50. The van der Waals surface area contributed by atoms with Crippen LogP contribution in [-0.4, -0.2) is 26.8 Å². The molecule has 3 heteroatoms. The molecule has 0 saturated carbocycles. The Morgan fingerprint density at radius 3 is 1.76 bits per heavy atom. The van der Waals surface area contributed by atoms with E-state index in [0.29, 0.717) is 17.3 Å². The lowest BCUT2D eigenvalue weighted by Gasteiger charge is -2.20. The monoisotopic (exact) mass is 450 g/mol. The van der Waals surface area contributed by atoms with Crippen molar-refractivity contribution in [3.8, 4) is 0 Å². The second-order valence-corrected chi connectivity index (χ2v) is 10.9. The van der Waals surface area contributed by atoms with Crippen molar-refractivity contribution in [2.75, 3.05) is 14.2 Å². The molecule has 2 aliphatic carbocycles. The van der Waals surface area contributed by atoms with E-state index in [1.54, 1.807) is 14.2 Å². The van der Waals surface area contributed by atoms with Crippen LogP contribution < -0.4 is 0 Å². The maximum atomic E-state index is 10.3. The van der Waals surface area contributed by atoms with Crippen molar-refractivity contribution in [3.63, 3.8) is 0 Å². The number of methoxy groups -OCH3 is 2. The van der Waals surface area contributed by atoms with Crippen LogP contribution in [0.5, 0.6) is 0 Å².